The van der Waals surface area contributed by atoms with Crippen molar-refractivity contribution in [3.8, 4) is 0 Å². The fourth-order valence-corrected chi connectivity index (χ4v) is 3.96. The predicted molar refractivity (Wildman–Crippen MR) is 115 cm³/mol. The van der Waals surface area contributed by atoms with Crippen molar-refractivity contribution in [1.29, 1.82) is 0 Å². The summed E-state index contributed by atoms with van der Waals surface area (Å²) in [5.74, 6) is -0.0395. The van der Waals surface area contributed by atoms with Gasteiger partial charge in [0.05, 0.1) is 0 Å². The summed E-state index contributed by atoms with van der Waals surface area (Å²) < 4.78 is 1.54. The van der Waals surface area contributed by atoms with Crippen molar-refractivity contribution in [2.24, 2.45) is 0 Å². The van der Waals surface area contributed by atoms with E-state index in [2.05, 4.69) is 37.9 Å². The summed E-state index contributed by atoms with van der Waals surface area (Å²) in [6.45, 7) is 2.79. The number of amides is 1. The molecular weight excluding hydrogens is 400 g/mol. The van der Waals surface area contributed by atoms with Crippen molar-refractivity contribution in [2.45, 2.75) is 37.9 Å². The van der Waals surface area contributed by atoms with Crippen LogP contribution in [0, 0.1) is 0 Å². The molecule has 1 aromatic heterocycles. The van der Waals surface area contributed by atoms with E-state index in [1.165, 1.54) is 16.6 Å². The van der Waals surface area contributed by atoms with E-state index < -0.39 is 6.04 Å². The van der Waals surface area contributed by atoms with Gasteiger partial charge in [0, 0.05) is 37.1 Å². The molecule has 30 heavy (non-hydrogen) atoms. The van der Waals surface area contributed by atoms with Gasteiger partial charge in [0.25, 0.3) is 0 Å². The van der Waals surface area contributed by atoms with Gasteiger partial charge < -0.3 is 5.32 Å². The third-order valence-electron chi connectivity index (χ3n) is 5.51. The van der Waals surface area contributed by atoms with Crippen LogP contribution in [0.15, 0.2) is 60.9 Å². The summed E-state index contributed by atoms with van der Waals surface area (Å²) in [6.07, 6.45) is 3.90. The van der Waals surface area contributed by atoms with Gasteiger partial charge in [-0.25, -0.2) is 4.68 Å². The molecule has 0 unspecified atom stereocenters. The second-order valence-electron chi connectivity index (χ2n) is 7.68. The molecule has 1 atom stereocenters. The largest absolute Gasteiger partial charge is 0.351 e. The molecule has 0 radical (unpaired) electrons. The zero-order valence-electron chi connectivity index (χ0n) is 16.7. The number of rotatable bonds is 7. The number of nitrogens with zero attached hydrogens (tertiary/aromatic N) is 5. The lowest BCUT2D eigenvalue weighted by Gasteiger charge is -2.33. The fourth-order valence-electron chi connectivity index (χ4n) is 3.84. The number of likely N-dealkylation sites (tertiary alicyclic amines) is 1. The van der Waals surface area contributed by atoms with Crippen LogP contribution >= 0.6 is 11.6 Å². The first kappa shape index (κ1) is 20.5. The highest BCUT2D eigenvalue weighted by atomic mass is 35.5. The van der Waals surface area contributed by atoms with Crippen molar-refractivity contribution in [3.05, 3.63) is 77.1 Å². The van der Waals surface area contributed by atoms with Crippen LogP contribution in [0.1, 0.15) is 30.0 Å². The molecule has 1 saturated heterocycles. The summed E-state index contributed by atoms with van der Waals surface area (Å²) in [7, 11) is 0. The van der Waals surface area contributed by atoms with Crippen LogP contribution in [0.4, 0.5) is 0 Å². The number of carbonyl (C=O) groups excluding carboxylic acids is 1. The topological polar surface area (TPSA) is 75.9 Å². The zero-order chi connectivity index (χ0) is 20.8. The van der Waals surface area contributed by atoms with Crippen molar-refractivity contribution >= 4 is 17.5 Å². The summed E-state index contributed by atoms with van der Waals surface area (Å²) in [5, 5.41) is 15.4. The molecule has 4 rings (SSSR count). The first-order valence-electron chi connectivity index (χ1n) is 10.2. The minimum absolute atomic E-state index is 0.0395. The van der Waals surface area contributed by atoms with Gasteiger partial charge in [0.15, 0.2) is 0 Å². The first-order chi connectivity index (χ1) is 14.7. The Kier molecular flexibility index (Phi) is 6.71. The number of hydrogen-bond donors (Lipinski definition) is 1. The molecule has 1 aliphatic rings. The number of benzene rings is 2. The smallest absolute Gasteiger partial charge is 0.245 e. The van der Waals surface area contributed by atoms with E-state index in [0.717, 1.165) is 43.1 Å². The molecule has 0 bridgehead atoms. The third kappa shape index (κ3) is 5.43. The maximum absolute atomic E-state index is 13.1. The molecule has 7 nitrogen and oxygen atoms in total. The lowest BCUT2D eigenvalue weighted by Crippen LogP contribution is -2.46. The van der Waals surface area contributed by atoms with E-state index in [1.807, 2.05) is 42.5 Å². The molecule has 0 aliphatic carbocycles. The number of tetrazole rings is 1. The lowest BCUT2D eigenvalue weighted by atomic mass is 10.0. The van der Waals surface area contributed by atoms with Gasteiger partial charge in [-0.1, -0.05) is 54.1 Å². The molecule has 2 aromatic carbocycles. The van der Waals surface area contributed by atoms with E-state index in [9.17, 15) is 4.79 Å². The van der Waals surface area contributed by atoms with Crippen LogP contribution in [0.3, 0.4) is 0 Å². The standard InChI is InChI=1S/C22H25ClN6O/c23-19-8-6-18(7-9-19)15-28-12-10-20(11-13-28)25-22(30)21(29-16-24-26-27-29)14-17-4-2-1-3-5-17/h1-9,16,20-21H,10-15H2,(H,25,30)/t21-/m1/s1. The highest BCUT2D eigenvalue weighted by Gasteiger charge is 2.27. The molecule has 0 spiro atoms. The second-order valence-corrected chi connectivity index (χ2v) is 8.12. The Morgan fingerprint density at radius 3 is 2.47 bits per heavy atom. The zero-order valence-corrected chi connectivity index (χ0v) is 17.4. The predicted octanol–water partition coefficient (Wildman–Crippen LogP) is 2.89. The molecule has 1 N–H and O–H groups in total. The molecule has 2 heterocycles. The molecule has 8 heteroatoms. The minimum atomic E-state index is -0.463. The maximum Gasteiger partial charge on any atom is 0.245 e. The van der Waals surface area contributed by atoms with Gasteiger partial charge >= 0.3 is 0 Å². The van der Waals surface area contributed by atoms with Gasteiger partial charge in [-0.15, -0.1) is 5.10 Å². The highest BCUT2D eigenvalue weighted by Crippen LogP contribution is 2.18. The van der Waals surface area contributed by atoms with Crippen LogP contribution < -0.4 is 5.32 Å². The van der Waals surface area contributed by atoms with Gasteiger partial charge in [-0.2, -0.15) is 0 Å². The molecule has 1 fully saturated rings. The van der Waals surface area contributed by atoms with Crippen LogP contribution in [0.25, 0.3) is 0 Å². The summed E-state index contributed by atoms with van der Waals surface area (Å²) in [5.41, 5.74) is 2.33. The minimum Gasteiger partial charge on any atom is -0.351 e. The Morgan fingerprint density at radius 1 is 1.07 bits per heavy atom. The number of nitrogens with one attached hydrogen (secondary N) is 1. The number of aromatic nitrogens is 4. The molecule has 156 valence electrons. The van der Waals surface area contributed by atoms with Gasteiger partial charge in [0.2, 0.25) is 5.91 Å². The number of carbonyl (C=O) groups is 1. The normalized spacial score (nSPS) is 16.3. The van der Waals surface area contributed by atoms with Crippen LogP contribution in [-0.4, -0.2) is 50.1 Å². The summed E-state index contributed by atoms with van der Waals surface area (Å²) >= 11 is 5.97. The summed E-state index contributed by atoms with van der Waals surface area (Å²) in [6, 6.07) is 17.6. The Bertz CT molecular complexity index is 924. The highest BCUT2D eigenvalue weighted by molar-refractivity contribution is 6.30. The van der Waals surface area contributed by atoms with Crippen LogP contribution in [0.5, 0.6) is 0 Å². The van der Waals surface area contributed by atoms with Gasteiger partial charge in [0.1, 0.15) is 12.4 Å². The van der Waals surface area contributed by atoms with Crippen molar-refractivity contribution in [3.63, 3.8) is 0 Å². The average molecular weight is 425 g/mol. The maximum atomic E-state index is 13.1. The summed E-state index contributed by atoms with van der Waals surface area (Å²) in [4.78, 5) is 15.5. The third-order valence-corrected chi connectivity index (χ3v) is 5.76. The Labute approximate surface area is 181 Å². The van der Waals surface area contributed by atoms with Crippen molar-refractivity contribution in [2.75, 3.05) is 13.1 Å². The monoisotopic (exact) mass is 424 g/mol. The molecule has 1 amide bonds. The van der Waals surface area contributed by atoms with E-state index in [-0.39, 0.29) is 11.9 Å². The fraction of sp³-hybridized carbons (Fsp3) is 0.364. The molecule has 3 aromatic rings. The van der Waals surface area contributed by atoms with Gasteiger partial charge in [-0.05, 0) is 46.5 Å². The average Bonchev–Trinajstić information content (AvgIpc) is 3.30. The van der Waals surface area contributed by atoms with Crippen molar-refractivity contribution in [1.82, 2.24) is 30.4 Å². The quantitative estimate of drug-likeness (QED) is 0.631. The molecule has 1 aliphatic heterocycles. The second kappa shape index (κ2) is 9.82. The lowest BCUT2D eigenvalue weighted by molar-refractivity contribution is -0.125. The number of halogens is 1. The molecular formula is C22H25ClN6O. The number of hydrogen-bond acceptors (Lipinski definition) is 5. The van der Waals surface area contributed by atoms with Crippen LogP contribution in [-0.2, 0) is 17.8 Å². The Hall–Kier alpha value is -2.77. The van der Waals surface area contributed by atoms with Gasteiger partial charge in [-0.3, -0.25) is 9.69 Å². The Morgan fingerprint density at radius 2 is 1.80 bits per heavy atom. The van der Waals surface area contributed by atoms with E-state index in [0.29, 0.717) is 6.42 Å². The van der Waals surface area contributed by atoms with Crippen molar-refractivity contribution < 1.29 is 4.79 Å². The molecule has 0 saturated carbocycles. The number of piperidine rings is 1. The van der Waals surface area contributed by atoms with E-state index in [1.54, 1.807) is 0 Å². The Balaban J connectivity index is 1.32. The SMILES string of the molecule is O=C(NC1CCN(Cc2ccc(Cl)cc2)CC1)[C@@H](Cc1ccccc1)n1cnnn1. The van der Waals surface area contributed by atoms with Crippen LogP contribution in [0.2, 0.25) is 5.02 Å². The van der Waals surface area contributed by atoms with E-state index in [4.69, 9.17) is 11.6 Å². The first-order valence-corrected chi connectivity index (χ1v) is 10.6. The van der Waals surface area contributed by atoms with E-state index >= 15 is 0 Å².